The molecule has 2 atom stereocenters. The van der Waals surface area contributed by atoms with Crippen LogP contribution >= 0.6 is 0 Å². The molecule has 0 saturated carbocycles. The summed E-state index contributed by atoms with van der Waals surface area (Å²) in [6.07, 6.45) is 1.62. The van der Waals surface area contributed by atoms with Gasteiger partial charge in [0.15, 0.2) is 11.3 Å². The van der Waals surface area contributed by atoms with Crippen molar-refractivity contribution in [2.45, 2.75) is 18.5 Å². The first-order valence-corrected chi connectivity index (χ1v) is 10.4. The Morgan fingerprint density at radius 1 is 1.00 bits per heavy atom. The fourth-order valence-corrected chi connectivity index (χ4v) is 4.13. The van der Waals surface area contributed by atoms with E-state index in [9.17, 15) is 19.7 Å². The van der Waals surface area contributed by atoms with E-state index in [1.807, 2.05) is 19.1 Å². The average Bonchev–Trinajstić information content (AvgIpc) is 3.25. The van der Waals surface area contributed by atoms with E-state index < -0.39 is 22.5 Å². The number of carbonyl (C=O) groups is 2. The number of nitrogens with one attached hydrogen (secondary N) is 1. The number of non-ortho nitro benzene ring substituents is 1. The number of nitro groups is 1. The molecule has 166 valence electrons. The van der Waals surface area contributed by atoms with Crippen molar-refractivity contribution < 1.29 is 19.2 Å². The summed E-state index contributed by atoms with van der Waals surface area (Å²) in [4.78, 5) is 37.3. The molecule has 0 bridgehead atoms. The lowest BCUT2D eigenvalue weighted by atomic mass is 9.89. The number of nitro benzene ring substituents is 1. The van der Waals surface area contributed by atoms with Crippen LogP contribution in [0.5, 0.6) is 0 Å². The van der Waals surface area contributed by atoms with E-state index >= 15 is 0 Å². The largest absolute Gasteiger partial charge is 0.467 e. The number of benzene rings is 3. The van der Waals surface area contributed by atoms with Crippen LogP contribution in [-0.4, -0.2) is 23.8 Å². The number of hydrogen-bond donors (Lipinski definition) is 1. The Labute approximate surface area is 190 Å². The molecule has 33 heavy (non-hydrogen) atoms. The molecule has 4 rings (SSSR count). The van der Waals surface area contributed by atoms with Crippen LogP contribution in [0.25, 0.3) is 0 Å². The summed E-state index contributed by atoms with van der Waals surface area (Å²) in [6, 6.07) is 21.5. The van der Waals surface area contributed by atoms with Gasteiger partial charge >= 0.3 is 5.97 Å². The van der Waals surface area contributed by atoms with Crippen molar-refractivity contribution in [3.8, 4) is 0 Å². The van der Waals surface area contributed by atoms with Crippen molar-refractivity contribution in [1.82, 2.24) is 5.32 Å². The van der Waals surface area contributed by atoms with Crippen LogP contribution in [0.3, 0.4) is 0 Å². The van der Waals surface area contributed by atoms with E-state index in [2.05, 4.69) is 5.32 Å². The molecule has 0 radical (unpaired) electrons. The number of hydrogen-bond acceptors (Lipinski definition) is 6. The Morgan fingerprint density at radius 3 is 2.30 bits per heavy atom. The molecular weight excluding hydrogens is 420 g/mol. The number of aryl methyl sites for hydroxylation is 1. The number of esters is 1. The SMILES string of the molecule is COC(=O)[C@]1(c2ccccc2)C=C(C(=O)c2cccc(C)c2)[C@H](c2ccc([N+](=O)[O-])cc2)N1. The van der Waals surface area contributed by atoms with Crippen molar-refractivity contribution in [1.29, 1.82) is 0 Å². The summed E-state index contributed by atoms with van der Waals surface area (Å²) in [7, 11) is 1.30. The summed E-state index contributed by atoms with van der Waals surface area (Å²) < 4.78 is 5.13. The van der Waals surface area contributed by atoms with Gasteiger partial charge in [-0.2, -0.15) is 0 Å². The molecule has 1 aliphatic rings. The van der Waals surface area contributed by atoms with Crippen molar-refractivity contribution in [3.05, 3.63) is 123 Å². The third kappa shape index (κ3) is 4.06. The summed E-state index contributed by atoms with van der Waals surface area (Å²) in [5.74, 6) is -0.802. The lowest BCUT2D eigenvalue weighted by Gasteiger charge is -2.28. The van der Waals surface area contributed by atoms with Gasteiger partial charge in [-0.25, -0.2) is 4.79 Å². The Bertz CT molecular complexity index is 1250. The second-order valence-electron chi connectivity index (χ2n) is 7.89. The minimum atomic E-state index is -1.39. The van der Waals surface area contributed by atoms with Gasteiger partial charge in [-0.15, -0.1) is 0 Å². The zero-order valence-corrected chi connectivity index (χ0v) is 18.1. The molecule has 0 fully saturated rings. The molecule has 3 aromatic rings. The third-order valence-electron chi connectivity index (χ3n) is 5.77. The van der Waals surface area contributed by atoms with Crippen LogP contribution in [-0.2, 0) is 15.1 Å². The molecule has 7 nitrogen and oxygen atoms in total. The molecule has 1 heterocycles. The molecule has 0 spiro atoms. The third-order valence-corrected chi connectivity index (χ3v) is 5.77. The average molecular weight is 442 g/mol. The number of ether oxygens (including phenoxy) is 1. The van der Waals surface area contributed by atoms with Gasteiger partial charge < -0.3 is 4.74 Å². The highest BCUT2D eigenvalue weighted by Crippen LogP contribution is 2.41. The van der Waals surface area contributed by atoms with E-state index in [0.717, 1.165) is 5.56 Å². The highest BCUT2D eigenvalue weighted by atomic mass is 16.6. The first-order chi connectivity index (χ1) is 15.9. The molecule has 0 aromatic heterocycles. The lowest BCUT2D eigenvalue weighted by molar-refractivity contribution is -0.384. The van der Waals surface area contributed by atoms with E-state index in [1.165, 1.54) is 19.2 Å². The van der Waals surface area contributed by atoms with Crippen molar-refractivity contribution in [2.75, 3.05) is 7.11 Å². The number of carbonyl (C=O) groups excluding carboxylic acids is 2. The fraction of sp³-hybridized carbons (Fsp3) is 0.154. The van der Waals surface area contributed by atoms with Crippen LogP contribution in [0.2, 0.25) is 0 Å². The summed E-state index contributed by atoms with van der Waals surface area (Å²) in [5, 5.41) is 14.4. The maximum absolute atomic E-state index is 13.6. The van der Waals surface area contributed by atoms with E-state index in [1.54, 1.807) is 60.7 Å². The number of Topliss-reactive ketones (excluding diaryl/α,β-unsaturated/α-hetero) is 1. The normalized spacial score (nSPS) is 19.6. The Morgan fingerprint density at radius 2 is 1.70 bits per heavy atom. The van der Waals surface area contributed by atoms with Crippen molar-refractivity contribution in [3.63, 3.8) is 0 Å². The molecule has 1 N–H and O–H groups in total. The fourth-order valence-electron chi connectivity index (χ4n) is 4.13. The van der Waals surface area contributed by atoms with Gasteiger partial charge in [0.2, 0.25) is 0 Å². The Kier molecular flexibility index (Phi) is 5.89. The zero-order chi connectivity index (χ0) is 23.6. The van der Waals surface area contributed by atoms with Gasteiger partial charge in [0.1, 0.15) is 0 Å². The van der Waals surface area contributed by atoms with Crippen molar-refractivity contribution >= 4 is 17.4 Å². The monoisotopic (exact) mass is 442 g/mol. The maximum Gasteiger partial charge on any atom is 0.334 e. The van der Waals surface area contributed by atoms with Crippen LogP contribution in [0.15, 0.2) is 90.5 Å². The van der Waals surface area contributed by atoms with E-state index in [4.69, 9.17) is 4.74 Å². The predicted molar refractivity (Wildman–Crippen MR) is 123 cm³/mol. The highest BCUT2D eigenvalue weighted by molar-refractivity contribution is 6.11. The quantitative estimate of drug-likeness (QED) is 0.263. The first kappa shape index (κ1) is 22.1. The first-order valence-electron chi connectivity index (χ1n) is 10.4. The van der Waals surface area contributed by atoms with Gasteiger partial charge in [-0.1, -0.05) is 66.2 Å². The van der Waals surface area contributed by atoms with Crippen LogP contribution in [0.4, 0.5) is 5.69 Å². The molecule has 1 aliphatic heterocycles. The number of ketones is 1. The molecule has 0 unspecified atom stereocenters. The van der Waals surface area contributed by atoms with Gasteiger partial charge in [0, 0.05) is 23.3 Å². The molecule has 0 aliphatic carbocycles. The predicted octanol–water partition coefficient (Wildman–Crippen LogP) is 4.43. The van der Waals surface area contributed by atoms with Gasteiger partial charge in [0.05, 0.1) is 18.1 Å². The van der Waals surface area contributed by atoms with Crippen LogP contribution < -0.4 is 5.32 Å². The van der Waals surface area contributed by atoms with Crippen LogP contribution in [0.1, 0.15) is 33.1 Å². The topological polar surface area (TPSA) is 98.5 Å². The smallest absolute Gasteiger partial charge is 0.334 e. The summed E-state index contributed by atoms with van der Waals surface area (Å²) >= 11 is 0. The standard InChI is InChI=1S/C26H22N2O5/c1-17-7-6-8-19(15-17)24(29)22-16-26(25(30)33-2,20-9-4-3-5-10-20)27-23(22)18-11-13-21(14-12-18)28(31)32/h3-16,23,27H,1-2H3/t23-,26+/m0/s1. The molecule has 3 aromatic carbocycles. The number of methoxy groups -OCH3 is 1. The molecule has 7 heteroatoms. The van der Waals surface area contributed by atoms with E-state index in [0.29, 0.717) is 22.3 Å². The van der Waals surface area contributed by atoms with Crippen molar-refractivity contribution in [2.24, 2.45) is 0 Å². The lowest BCUT2D eigenvalue weighted by Crippen LogP contribution is -2.46. The molecular formula is C26H22N2O5. The van der Waals surface area contributed by atoms with Gasteiger partial charge in [-0.3, -0.25) is 20.2 Å². The molecule has 0 amide bonds. The van der Waals surface area contributed by atoms with E-state index in [-0.39, 0.29) is 11.5 Å². The second kappa shape index (κ2) is 8.80. The number of nitrogens with zero attached hydrogens (tertiary/aromatic N) is 1. The number of rotatable bonds is 6. The highest BCUT2D eigenvalue weighted by Gasteiger charge is 2.48. The minimum Gasteiger partial charge on any atom is -0.467 e. The molecule has 0 saturated heterocycles. The Balaban J connectivity index is 1.88. The van der Waals surface area contributed by atoms with Crippen LogP contribution in [0, 0.1) is 17.0 Å². The summed E-state index contributed by atoms with van der Waals surface area (Å²) in [5.41, 5.74) is 1.57. The maximum atomic E-state index is 13.6. The minimum absolute atomic E-state index is 0.0606. The Hall–Kier alpha value is -4.10. The summed E-state index contributed by atoms with van der Waals surface area (Å²) in [6.45, 7) is 1.90. The van der Waals surface area contributed by atoms with Gasteiger partial charge in [0.25, 0.3) is 5.69 Å². The van der Waals surface area contributed by atoms with Gasteiger partial charge in [-0.05, 0) is 30.2 Å². The zero-order valence-electron chi connectivity index (χ0n) is 18.1. The second-order valence-corrected chi connectivity index (χ2v) is 7.89.